The van der Waals surface area contributed by atoms with Crippen molar-refractivity contribution in [1.82, 2.24) is 30.2 Å². The number of carbonyl (C=O) groups is 3. The molecule has 1 aliphatic heterocycles. The molecular weight excluding hydrogens is 711 g/mol. The molecule has 0 saturated carbocycles. The monoisotopic (exact) mass is 769 g/mol. The zero-order valence-corrected chi connectivity index (χ0v) is 35.8. The Labute approximate surface area is 315 Å². The van der Waals surface area contributed by atoms with Crippen LogP contribution < -0.4 is 16.0 Å². The van der Waals surface area contributed by atoms with Crippen LogP contribution in [0.15, 0.2) is 43.0 Å². The maximum Gasteiger partial charge on any atom is 0.408 e. The maximum atomic E-state index is 13.9. The van der Waals surface area contributed by atoms with Gasteiger partial charge in [-0.05, 0) is 76.1 Å². The highest BCUT2D eigenvalue weighted by Gasteiger charge is 2.53. The van der Waals surface area contributed by atoms with E-state index in [1.165, 1.54) is 6.33 Å². The number of hydrogen-bond donors (Lipinski definition) is 3. The molecule has 1 saturated heterocycles. The summed E-state index contributed by atoms with van der Waals surface area (Å²) in [6, 6.07) is 7.20. The number of aromatic nitrogens is 4. The van der Waals surface area contributed by atoms with Gasteiger partial charge in [0.15, 0.2) is 39.8 Å². The Kier molecular flexibility index (Phi) is 12.4. The van der Waals surface area contributed by atoms with Gasteiger partial charge in [0, 0.05) is 5.56 Å². The van der Waals surface area contributed by atoms with Crippen molar-refractivity contribution < 1.29 is 32.7 Å². The van der Waals surface area contributed by atoms with Crippen molar-refractivity contribution in [3.05, 3.63) is 48.5 Å². The van der Waals surface area contributed by atoms with E-state index in [2.05, 4.69) is 98.6 Å². The van der Waals surface area contributed by atoms with Crippen molar-refractivity contribution >= 4 is 51.5 Å². The summed E-state index contributed by atoms with van der Waals surface area (Å²) in [4.78, 5) is 53.2. The SMILES string of the molecule is C[C@H](NC(=O)OC(C)(C)C)C(=O)N[C@H]1[C@@H](O[Si](C)(C)C(C)(C)C)[C@H](n2cnc3c(NC(=O)c4ccccc4)ncnc32)O[C@@H]1CO[Si](C)(C)C(C)(C)C. The van der Waals surface area contributed by atoms with Gasteiger partial charge >= 0.3 is 6.09 Å². The minimum atomic E-state index is -2.53. The average Bonchev–Trinajstić information content (AvgIpc) is 3.60. The molecule has 0 radical (unpaired) electrons. The summed E-state index contributed by atoms with van der Waals surface area (Å²) in [6.45, 7) is 28.6. The number of anilines is 1. The lowest BCUT2D eigenvalue weighted by atomic mass is 10.1. The molecule has 0 aliphatic carbocycles. The maximum absolute atomic E-state index is 13.9. The van der Waals surface area contributed by atoms with Crippen molar-refractivity contribution in [3.63, 3.8) is 0 Å². The molecule has 292 valence electrons. The summed E-state index contributed by atoms with van der Waals surface area (Å²) in [7, 11) is -4.80. The summed E-state index contributed by atoms with van der Waals surface area (Å²) in [5, 5.41) is 8.41. The van der Waals surface area contributed by atoms with E-state index < -0.39 is 64.8 Å². The fraction of sp³-hybridized carbons (Fsp3) is 0.622. The van der Waals surface area contributed by atoms with Crippen molar-refractivity contribution in [1.29, 1.82) is 0 Å². The molecule has 0 bridgehead atoms. The Hall–Kier alpha value is -3.71. The van der Waals surface area contributed by atoms with Crippen LogP contribution in [-0.2, 0) is 23.1 Å². The van der Waals surface area contributed by atoms with Crippen LogP contribution in [0.4, 0.5) is 10.6 Å². The van der Waals surface area contributed by atoms with Gasteiger partial charge in [-0.15, -0.1) is 0 Å². The molecule has 3 amide bonds. The quantitative estimate of drug-likeness (QED) is 0.177. The van der Waals surface area contributed by atoms with Crippen molar-refractivity contribution in [2.45, 2.75) is 142 Å². The number of benzene rings is 1. The van der Waals surface area contributed by atoms with Gasteiger partial charge in [0.25, 0.3) is 5.91 Å². The minimum absolute atomic E-state index is 0.0787. The van der Waals surface area contributed by atoms with Crippen LogP contribution in [0.5, 0.6) is 0 Å². The molecular formula is C37H59N7O7Si2. The molecule has 53 heavy (non-hydrogen) atoms. The average molecular weight is 770 g/mol. The number of nitrogens with one attached hydrogen (secondary N) is 3. The van der Waals surface area contributed by atoms with Crippen LogP contribution in [0.3, 0.4) is 0 Å². The highest BCUT2D eigenvalue weighted by molar-refractivity contribution is 6.74. The molecule has 2 aromatic heterocycles. The van der Waals surface area contributed by atoms with Crippen LogP contribution in [-0.4, -0.2) is 90.6 Å². The van der Waals surface area contributed by atoms with Gasteiger partial charge in [0.05, 0.1) is 19.0 Å². The lowest BCUT2D eigenvalue weighted by Gasteiger charge is -2.41. The largest absolute Gasteiger partial charge is 0.444 e. The van der Waals surface area contributed by atoms with Gasteiger partial charge in [-0.25, -0.2) is 19.7 Å². The van der Waals surface area contributed by atoms with Gasteiger partial charge in [-0.2, -0.15) is 0 Å². The van der Waals surface area contributed by atoms with E-state index in [4.69, 9.17) is 18.3 Å². The Morgan fingerprint density at radius 3 is 2.11 bits per heavy atom. The summed E-state index contributed by atoms with van der Waals surface area (Å²) in [6.07, 6.45) is 0.0596. The minimum Gasteiger partial charge on any atom is -0.444 e. The van der Waals surface area contributed by atoms with Crippen LogP contribution in [0, 0.1) is 0 Å². The molecule has 1 aromatic carbocycles. The van der Waals surface area contributed by atoms with E-state index >= 15 is 0 Å². The zero-order valence-electron chi connectivity index (χ0n) is 33.8. The molecule has 0 spiro atoms. The number of nitrogens with zero attached hydrogens (tertiary/aromatic N) is 4. The first-order chi connectivity index (χ1) is 24.3. The first kappa shape index (κ1) is 42.0. The van der Waals surface area contributed by atoms with Crippen molar-refractivity contribution in [3.8, 4) is 0 Å². The second kappa shape index (κ2) is 15.6. The molecule has 0 unspecified atom stereocenters. The lowest BCUT2D eigenvalue weighted by molar-refractivity contribution is -0.124. The number of imidazole rings is 1. The van der Waals surface area contributed by atoms with E-state index in [9.17, 15) is 14.4 Å². The second-order valence-corrected chi connectivity index (χ2v) is 27.3. The normalized spacial score (nSPS) is 20.6. The van der Waals surface area contributed by atoms with Gasteiger partial charge < -0.3 is 34.3 Å². The van der Waals surface area contributed by atoms with Crippen LogP contribution in [0.25, 0.3) is 11.2 Å². The summed E-state index contributed by atoms with van der Waals surface area (Å²) >= 11 is 0. The van der Waals surface area contributed by atoms with E-state index in [1.807, 2.05) is 6.07 Å². The molecule has 1 fully saturated rings. The molecule has 14 nitrogen and oxygen atoms in total. The Bertz CT molecular complexity index is 1760. The summed E-state index contributed by atoms with van der Waals surface area (Å²) in [5.74, 6) is -0.529. The van der Waals surface area contributed by atoms with E-state index in [0.29, 0.717) is 16.7 Å². The van der Waals surface area contributed by atoms with E-state index in [-0.39, 0.29) is 28.4 Å². The Morgan fingerprint density at radius 1 is 0.906 bits per heavy atom. The summed E-state index contributed by atoms with van der Waals surface area (Å²) in [5.41, 5.74) is 0.512. The third-order valence-corrected chi connectivity index (χ3v) is 19.3. The molecule has 3 N–H and O–H groups in total. The standard InChI is InChI=1S/C37H59N7O7Si2/c1-23(41-34(47)50-35(2,3)4)31(45)42-26-25(20-48-52(11,12)36(5,6)7)49-33(28(26)51-53(13,14)37(8,9)10)44-22-40-27-29(38-21-39-30(27)44)43-32(46)24-18-16-15-17-19-24/h15-19,21-23,25-26,28,33H,20H2,1-14H3,(H,41,47)(H,42,45)(H,38,39,43,46)/t23-,25+,26+,28+,33+/m0/s1. The smallest absolute Gasteiger partial charge is 0.408 e. The zero-order chi connectivity index (χ0) is 39.7. The Morgan fingerprint density at radius 2 is 1.53 bits per heavy atom. The fourth-order valence-electron chi connectivity index (χ4n) is 5.17. The second-order valence-electron chi connectivity index (χ2n) is 17.7. The predicted octanol–water partition coefficient (Wildman–Crippen LogP) is 6.79. The fourth-order valence-corrected chi connectivity index (χ4v) is 7.48. The topological polar surface area (TPSA) is 168 Å². The number of amides is 3. The van der Waals surface area contributed by atoms with Crippen LogP contribution >= 0.6 is 0 Å². The third kappa shape index (κ3) is 10.1. The Balaban J connectivity index is 1.77. The lowest BCUT2D eigenvalue weighted by Crippen LogP contribution is -2.58. The molecule has 3 aromatic rings. The van der Waals surface area contributed by atoms with Gasteiger partial charge in [-0.3, -0.25) is 14.2 Å². The van der Waals surface area contributed by atoms with Gasteiger partial charge in [0.1, 0.15) is 30.2 Å². The third-order valence-electron chi connectivity index (χ3n) is 10.3. The molecule has 5 atom stereocenters. The molecule has 1 aliphatic rings. The first-order valence-electron chi connectivity index (χ1n) is 18.1. The van der Waals surface area contributed by atoms with Crippen LogP contribution in [0.2, 0.25) is 36.3 Å². The molecule has 3 heterocycles. The summed E-state index contributed by atoms with van der Waals surface area (Å²) < 4.78 is 27.9. The number of rotatable bonds is 11. The van der Waals surface area contributed by atoms with Gasteiger partial charge in [-0.1, -0.05) is 59.7 Å². The van der Waals surface area contributed by atoms with E-state index in [0.717, 1.165) is 0 Å². The highest BCUT2D eigenvalue weighted by Crippen LogP contribution is 2.43. The van der Waals surface area contributed by atoms with Crippen molar-refractivity contribution in [2.75, 3.05) is 11.9 Å². The number of ether oxygens (including phenoxy) is 2. The predicted molar refractivity (Wildman–Crippen MR) is 210 cm³/mol. The molecule has 4 rings (SSSR count). The number of fused-ring (bicyclic) bond motifs is 1. The number of carbonyl (C=O) groups excluding carboxylic acids is 3. The number of alkyl carbamates (subject to hydrolysis) is 1. The van der Waals surface area contributed by atoms with Gasteiger partial charge in [0.2, 0.25) is 5.91 Å². The molecule has 16 heteroatoms. The highest BCUT2D eigenvalue weighted by atomic mass is 28.4. The van der Waals surface area contributed by atoms with Crippen LogP contribution in [0.1, 0.15) is 85.8 Å². The first-order valence-corrected chi connectivity index (χ1v) is 23.9. The van der Waals surface area contributed by atoms with Crippen molar-refractivity contribution in [2.24, 2.45) is 0 Å². The van der Waals surface area contributed by atoms with E-state index in [1.54, 1.807) is 62.9 Å². The number of hydrogen-bond acceptors (Lipinski definition) is 10.